The van der Waals surface area contributed by atoms with Crippen LogP contribution in [0.1, 0.15) is 60.8 Å². The molecule has 0 radical (unpaired) electrons. The lowest BCUT2D eigenvalue weighted by molar-refractivity contribution is 0.0638. The van der Waals surface area contributed by atoms with E-state index in [-0.39, 0.29) is 24.4 Å². The van der Waals surface area contributed by atoms with Crippen LogP contribution in [0.25, 0.3) is 0 Å². The Hall–Kier alpha value is -1.99. The molecule has 3 rings (SSSR count). The smallest absolute Gasteiger partial charge is 0.274 e. The molecular formula is C18H27ClN6O. The van der Waals surface area contributed by atoms with E-state index in [1.54, 1.807) is 12.4 Å². The largest absolute Gasteiger partial charge is 0.330 e. The summed E-state index contributed by atoms with van der Waals surface area (Å²) in [5.74, 6) is 0.283. The summed E-state index contributed by atoms with van der Waals surface area (Å²) in [6, 6.07) is 2.07. The molecule has 1 aliphatic heterocycles. The summed E-state index contributed by atoms with van der Waals surface area (Å²) in [5, 5.41) is 10.6. The zero-order valence-corrected chi connectivity index (χ0v) is 16.1. The number of nitrogens with zero attached hydrogens (tertiary/aromatic N) is 4. The van der Waals surface area contributed by atoms with Crippen LogP contribution in [0.15, 0.2) is 24.8 Å². The van der Waals surface area contributed by atoms with E-state index < -0.39 is 0 Å². The first-order chi connectivity index (χ1) is 12.1. The number of H-pyrrole nitrogens is 1. The van der Waals surface area contributed by atoms with Crippen molar-refractivity contribution in [1.29, 1.82) is 0 Å². The molecule has 1 atom stereocenters. The number of aromatic amines is 1. The second-order valence-corrected chi connectivity index (χ2v) is 6.88. The number of nitrogens with one attached hydrogen (secondary N) is 2. The van der Waals surface area contributed by atoms with Crippen LogP contribution < -0.4 is 5.32 Å². The molecule has 0 spiro atoms. The molecule has 142 valence electrons. The van der Waals surface area contributed by atoms with Crippen LogP contribution >= 0.6 is 12.4 Å². The number of carbonyl (C=O) groups is 1. The minimum Gasteiger partial charge on any atom is -0.330 e. The van der Waals surface area contributed by atoms with Crippen LogP contribution in [-0.4, -0.2) is 50.1 Å². The fourth-order valence-electron chi connectivity index (χ4n) is 3.18. The fourth-order valence-corrected chi connectivity index (χ4v) is 3.18. The maximum atomic E-state index is 13.2. The van der Waals surface area contributed by atoms with Gasteiger partial charge in [-0.2, -0.15) is 5.10 Å². The number of amides is 1. The number of hydrogen-bond donors (Lipinski definition) is 2. The number of aromatic nitrogens is 4. The summed E-state index contributed by atoms with van der Waals surface area (Å²) in [6.45, 7) is 6.61. The van der Waals surface area contributed by atoms with Gasteiger partial charge in [0.05, 0.1) is 0 Å². The Morgan fingerprint density at radius 3 is 2.73 bits per heavy atom. The van der Waals surface area contributed by atoms with Gasteiger partial charge in [0.25, 0.3) is 5.91 Å². The van der Waals surface area contributed by atoms with Gasteiger partial charge in [-0.1, -0.05) is 13.8 Å². The fraction of sp³-hybridized carbons (Fsp3) is 0.556. The molecule has 0 aliphatic carbocycles. The number of hydrogen-bond acceptors (Lipinski definition) is 5. The van der Waals surface area contributed by atoms with Gasteiger partial charge in [0.15, 0.2) is 0 Å². The van der Waals surface area contributed by atoms with Gasteiger partial charge < -0.3 is 10.2 Å². The topological polar surface area (TPSA) is 86.8 Å². The van der Waals surface area contributed by atoms with Gasteiger partial charge in [-0.3, -0.25) is 9.89 Å². The average molecular weight is 379 g/mol. The molecule has 8 heteroatoms. The van der Waals surface area contributed by atoms with Crippen molar-refractivity contribution in [3.05, 3.63) is 41.7 Å². The standard InChI is InChI=1S/C18H26N6O.ClH/c1-13(2)16-8-17(23-22-16)18(25)24(11-14-9-20-12-21-10-14)15-4-3-6-19-7-5-15;/h8-10,12-13,15,19H,3-7,11H2,1-2H3,(H,22,23);1H. The molecule has 0 saturated carbocycles. The second-order valence-electron chi connectivity index (χ2n) is 6.88. The Morgan fingerprint density at radius 1 is 1.27 bits per heavy atom. The van der Waals surface area contributed by atoms with Gasteiger partial charge >= 0.3 is 0 Å². The predicted octanol–water partition coefficient (Wildman–Crippen LogP) is 2.53. The van der Waals surface area contributed by atoms with Gasteiger partial charge in [-0.15, -0.1) is 12.4 Å². The molecular weight excluding hydrogens is 352 g/mol. The zero-order valence-electron chi connectivity index (χ0n) is 15.3. The van der Waals surface area contributed by atoms with E-state index in [9.17, 15) is 4.79 Å². The van der Waals surface area contributed by atoms with Gasteiger partial charge in [-0.05, 0) is 44.3 Å². The van der Waals surface area contributed by atoms with Crippen LogP contribution in [0.5, 0.6) is 0 Å². The first kappa shape index (κ1) is 20.3. The van der Waals surface area contributed by atoms with Crippen LogP contribution in [0.3, 0.4) is 0 Å². The Bertz CT molecular complexity index is 682. The van der Waals surface area contributed by atoms with Crippen molar-refractivity contribution in [1.82, 2.24) is 30.4 Å². The molecule has 2 N–H and O–H groups in total. The normalized spacial score (nSPS) is 17.4. The first-order valence-electron chi connectivity index (χ1n) is 8.96. The molecule has 7 nitrogen and oxygen atoms in total. The molecule has 1 unspecified atom stereocenters. The predicted molar refractivity (Wildman–Crippen MR) is 102 cm³/mol. The minimum absolute atomic E-state index is 0. The van der Waals surface area contributed by atoms with Crippen molar-refractivity contribution < 1.29 is 4.79 Å². The highest BCUT2D eigenvalue weighted by Crippen LogP contribution is 2.20. The van der Waals surface area contributed by atoms with E-state index in [0.717, 1.165) is 43.6 Å². The maximum Gasteiger partial charge on any atom is 0.274 e. The van der Waals surface area contributed by atoms with E-state index >= 15 is 0 Å². The summed E-state index contributed by atoms with van der Waals surface area (Å²) >= 11 is 0. The third-order valence-electron chi connectivity index (χ3n) is 4.65. The third-order valence-corrected chi connectivity index (χ3v) is 4.65. The van der Waals surface area contributed by atoms with Gasteiger partial charge in [0.1, 0.15) is 12.0 Å². The highest BCUT2D eigenvalue weighted by molar-refractivity contribution is 5.92. The van der Waals surface area contributed by atoms with Crippen LogP contribution in [0.4, 0.5) is 0 Å². The molecule has 0 aromatic carbocycles. The van der Waals surface area contributed by atoms with Gasteiger partial charge in [-0.25, -0.2) is 9.97 Å². The van der Waals surface area contributed by atoms with E-state index in [1.807, 2.05) is 11.0 Å². The monoisotopic (exact) mass is 378 g/mol. The van der Waals surface area contributed by atoms with Gasteiger partial charge in [0.2, 0.25) is 0 Å². The highest BCUT2D eigenvalue weighted by Gasteiger charge is 2.27. The van der Waals surface area contributed by atoms with E-state index in [2.05, 4.69) is 39.3 Å². The van der Waals surface area contributed by atoms with Crippen molar-refractivity contribution in [3.8, 4) is 0 Å². The Kier molecular flexibility index (Phi) is 7.53. The third kappa shape index (κ3) is 5.02. The molecule has 1 aliphatic rings. The molecule has 0 bridgehead atoms. The minimum atomic E-state index is -0.0288. The SMILES string of the molecule is CC(C)c1cc(C(=O)N(Cc2cncnc2)C2CCCNCC2)n[nH]1.Cl. The average Bonchev–Trinajstić information content (AvgIpc) is 2.97. The van der Waals surface area contributed by atoms with Crippen molar-refractivity contribution in [2.24, 2.45) is 0 Å². The van der Waals surface area contributed by atoms with Crippen molar-refractivity contribution in [3.63, 3.8) is 0 Å². The van der Waals surface area contributed by atoms with Crippen molar-refractivity contribution >= 4 is 18.3 Å². The summed E-state index contributed by atoms with van der Waals surface area (Å²) in [5.41, 5.74) is 2.40. The van der Waals surface area contributed by atoms with Crippen LogP contribution in [0.2, 0.25) is 0 Å². The number of rotatable bonds is 5. The van der Waals surface area contributed by atoms with Crippen molar-refractivity contribution in [2.45, 2.75) is 51.6 Å². The van der Waals surface area contributed by atoms with Crippen molar-refractivity contribution in [2.75, 3.05) is 13.1 Å². The molecule has 2 aromatic rings. The first-order valence-corrected chi connectivity index (χ1v) is 8.96. The molecule has 1 amide bonds. The lowest BCUT2D eigenvalue weighted by Crippen LogP contribution is -2.40. The Labute approximate surface area is 160 Å². The number of carbonyl (C=O) groups excluding carboxylic acids is 1. The second kappa shape index (κ2) is 9.64. The summed E-state index contributed by atoms with van der Waals surface area (Å²) in [7, 11) is 0. The van der Waals surface area contributed by atoms with Crippen LogP contribution in [-0.2, 0) is 6.54 Å². The van der Waals surface area contributed by atoms with E-state index in [0.29, 0.717) is 18.2 Å². The lowest BCUT2D eigenvalue weighted by Gasteiger charge is -2.30. The van der Waals surface area contributed by atoms with Gasteiger partial charge in [0, 0.05) is 36.2 Å². The summed E-state index contributed by atoms with van der Waals surface area (Å²) in [6.07, 6.45) is 8.05. The number of halogens is 1. The zero-order chi connectivity index (χ0) is 17.6. The molecule has 2 aromatic heterocycles. The maximum absolute atomic E-state index is 13.2. The molecule has 3 heterocycles. The Balaban J connectivity index is 0.00000243. The summed E-state index contributed by atoms with van der Waals surface area (Å²) < 4.78 is 0. The highest BCUT2D eigenvalue weighted by atomic mass is 35.5. The molecule has 1 fully saturated rings. The quantitative estimate of drug-likeness (QED) is 0.834. The Morgan fingerprint density at radius 2 is 2.04 bits per heavy atom. The summed E-state index contributed by atoms with van der Waals surface area (Å²) in [4.78, 5) is 23.3. The molecule has 1 saturated heterocycles. The molecule has 26 heavy (non-hydrogen) atoms. The van der Waals surface area contributed by atoms with Crippen LogP contribution in [0, 0.1) is 0 Å². The van der Waals surface area contributed by atoms with E-state index in [1.165, 1.54) is 6.33 Å². The lowest BCUT2D eigenvalue weighted by atomic mass is 10.1. The van der Waals surface area contributed by atoms with E-state index in [4.69, 9.17) is 0 Å².